The van der Waals surface area contributed by atoms with Gasteiger partial charge in [-0.1, -0.05) is 31.9 Å². The van der Waals surface area contributed by atoms with Crippen LogP contribution in [0.5, 0.6) is 5.75 Å². The molecule has 0 atom stereocenters. The Balaban J connectivity index is 1.56. The second-order valence-electron chi connectivity index (χ2n) is 8.67. The van der Waals surface area contributed by atoms with Crippen molar-refractivity contribution in [1.82, 2.24) is 13.9 Å². The van der Waals surface area contributed by atoms with Crippen molar-refractivity contribution in [3.8, 4) is 5.75 Å². The number of aromatic nitrogens is 2. The molecular weight excluding hydrogens is 466 g/mol. The molecule has 188 valence electrons. The monoisotopic (exact) mass is 499 g/mol. The zero-order valence-electron chi connectivity index (χ0n) is 20.3. The Labute approximate surface area is 206 Å². The summed E-state index contributed by atoms with van der Waals surface area (Å²) in [6.07, 6.45) is 4.75. The quantitative estimate of drug-likeness (QED) is 0.408. The van der Waals surface area contributed by atoms with Crippen molar-refractivity contribution in [3.63, 3.8) is 0 Å². The van der Waals surface area contributed by atoms with Gasteiger partial charge in [-0.25, -0.2) is 13.4 Å². The lowest BCUT2D eigenvalue weighted by Crippen LogP contribution is -2.35. The summed E-state index contributed by atoms with van der Waals surface area (Å²) in [6.45, 7) is 3.90. The molecule has 2 aromatic carbocycles. The van der Waals surface area contributed by atoms with Crippen molar-refractivity contribution in [1.29, 1.82) is 0 Å². The number of piperidine rings is 1. The normalized spacial score (nSPS) is 14.7. The highest BCUT2D eigenvalue weighted by Gasteiger charge is 2.29. The summed E-state index contributed by atoms with van der Waals surface area (Å²) in [4.78, 5) is 17.7. The maximum atomic E-state index is 13.3. The number of sulfonamides is 1. The van der Waals surface area contributed by atoms with Crippen LogP contribution in [0.3, 0.4) is 0 Å². The average molecular weight is 500 g/mol. The first-order valence-corrected chi connectivity index (χ1v) is 13.5. The van der Waals surface area contributed by atoms with Crippen LogP contribution in [0, 0.1) is 0 Å². The number of fused-ring (bicyclic) bond motifs is 1. The number of unbranched alkanes of at least 4 members (excludes halogenated alkanes) is 1. The van der Waals surface area contributed by atoms with Gasteiger partial charge in [-0.15, -0.1) is 0 Å². The molecule has 3 aromatic rings. The van der Waals surface area contributed by atoms with Crippen LogP contribution in [-0.2, 0) is 21.4 Å². The fourth-order valence-corrected chi connectivity index (χ4v) is 5.99. The van der Waals surface area contributed by atoms with E-state index >= 15 is 0 Å². The van der Waals surface area contributed by atoms with E-state index in [-0.39, 0.29) is 23.1 Å². The average Bonchev–Trinajstić information content (AvgIpc) is 3.21. The van der Waals surface area contributed by atoms with E-state index in [0.717, 1.165) is 49.7 Å². The number of hydrogen-bond acceptors (Lipinski definition) is 6. The van der Waals surface area contributed by atoms with Crippen LogP contribution in [0.2, 0.25) is 0 Å². The molecule has 2 heterocycles. The van der Waals surface area contributed by atoms with Crippen molar-refractivity contribution in [2.45, 2.75) is 50.5 Å². The molecule has 0 bridgehead atoms. The minimum absolute atomic E-state index is 0.0369. The minimum atomic E-state index is -3.73. The summed E-state index contributed by atoms with van der Waals surface area (Å²) in [5.74, 6) is 0.618. The van der Waals surface area contributed by atoms with E-state index < -0.39 is 10.0 Å². The molecule has 0 aliphatic carbocycles. The molecular formula is C25H33N5O4S. The van der Waals surface area contributed by atoms with E-state index in [4.69, 9.17) is 4.74 Å². The number of nitrogens with one attached hydrogen (secondary N) is 2. The number of anilines is 2. The van der Waals surface area contributed by atoms with Gasteiger partial charge in [0.2, 0.25) is 21.9 Å². The van der Waals surface area contributed by atoms with Gasteiger partial charge in [-0.05, 0) is 49.6 Å². The lowest BCUT2D eigenvalue weighted by Gasteiger charge is -2.26. The number of carbonyl (C=O) groups is 1. The molecule has 1 saturated heterocycles. The fourth-order valence-electron chi connectivity index (χ4n) is 4.29. The first kappa shape index (κ1) is 25.0. The van der Waals surface area contributed by atoms with Crippen molar-refractivity contribution >= 4 is 38.6 Å². The number of carbonyl (C=O) groups excluding carboxylic acids is 1. The first-order valence-electron chi connectivity index (χ1n) is 12.1. The van der Waals surface area contributed by atoms with Gasteiger partial charge < -0.3 is 19.9 Å². The number of methoxy groups -OCH3 is 1. The molecule has 1 aromatic heterocycles. The summed E-state index contributed by atoms with van der Waals surface area (Å²) < 4.78 is 35.3. The van der Waals surface area contributed by atoms with Crippen LogP contribution >= 0.6 is 0 Å². The van der Waals surface area contributed by atoms with Gasteiger partial charge in [-0.3, -0.25) is 4.79 Å². The fraction of sp³-hybridized carbons (Fsp3) is 0.440. The molecule has 35 heavy (non-hydrogen) atoms. The molecule has 0 radical (unpaired) electrons. The lowest BCUT2D eigenvalue weighted by molar-refractivity contribution is -0.116. The highest BCUT2D eigenvalue weighted by atomic mass is 32.2. The standard InChI is InChI=1S/C25H33N5O4S/c1-3-4-14-26-25-28-20-10-6-7-11-21(20)30(25)18-24(31)27-19-12-13-22(34-2)23(17-19)35(32,33)29-15-8-5-9-16-29/h6-7,10-13,17H,3-5,8-9,14-16,18H2,1-2H3,(H,26,28)(H,27,31). The van der Waals surface area contributed by atoms with Crippen LogP contribution in [0.15, 0.2) is 47.4 Å². The summed E-state index contributed by atoms with van der Waals surface area (Å²) in [7, 11) is -2.29. The van der Waals surface area contributed by atoms with Gasteiger partial charge in [0, 0.05) is 25.3 Å². The van der Waals surface area contributed by atoms with Gasteiger partial charge in [0.05, 0.1) is 18.1 Å². The zero-order chi connectivity index (χ0) is 24.8. The molecule has 4 rings (SSSR count). The highest BCUT2D eigenvalue weighted by molar-refractivity contribution is 7.89. The van der Waals surface area contributed by atoms with Crippen LogP contribution in [0.4, 0.5) is 11.6 Å². The second kappa shape index (κ2) is 11.1. The van der Waals surface area contributed by atoms with E-state index in [0.29, 0.717) is 24.7 Å². The van der Waals surface area contributed by atoms with Gasteiger partial charge in [-0.2, -0.15) is 4.31 Å². The summed E-state index contributed by atoms with van der Waals surface area (Å²) in [6, 6.07) is 12.4. The molecule has 0 spiro atoms. The Morgan fingerprint density at radius 2 is 1.89 bits per heavy atom. The molecule has 1 aliphatic heterocycles. The number of para-hydroxylation sites is 2. The van der Waals surface area contributed by atoms with Crippen LogP contribution in [0.1, 0.15) is 39.0 Å². The number of benzene rings is 2. The van der Waals surface area contributed by atoms with Gasteiger partial charge in [0.15, 0.2) is 0 Å². The predicted octanol–water partition coefficient (Wildman–Crippen LogP) is 4.07. The van der Waals surface area contributed by atoms with Crippen LogP contribution < -0.4 is 15.4 Å². The van der Waals surface area contributed by atoms with Gasteiger partial charge >= 0.3 is 0 Å². The van der Waals surface area contributed by atoms with E-state index in [1.54, 1.807) is 12.1 Å². The Morgan fingerprint density at radius 3 is 2.63 bits per heavy atom. The van der Waals surface area contributed by atoms with Crippen molar-refractivity contribution in [2.24, 2.45) is 0 Å². The number of imidazole rings is 1. The largest absolute Gasteiger partial charge is 0.495 e. The maximum Gasteiger partial charge on any atom is 0.246 e. The SMILES string of the molecule is CCCCNc1nc2ccccc2n1CC(=O)Nc1ccc(OC)c(S(=O)(=O)N2CCCCC2)c1. The van der Waals surface area contributed by atoms with Crippen molar-refractivity contribution in [3.05, 3.63) is 42.5 Å². The molecule has 9 nitrogen and oxygen atoms in total. The minimum Gasteiger partial charge on any atom is -0.495 e. The Hall–Kier alpha value is -3.11. The van der Waals surface area contributed by atoms with Crippen LogP contribution in [-0.4, -0.2) is 54.9 Å². The smallest absolute Gasteiger partial charge is 0.246 e. The van der Waals surface area contributed by atoms with Gasteiger partial charge in [0.25, 0.3) is 0 Å². The predicted molar refractivity (Wildman–Crippen MR) is 137 cm³/mol. The molecule has 2 N–H and O–H groups in total. The third-order valence-corrected chi connectivity index (χ3v) is 8.07. The van der Waals surface area contributed by atoms with E-state index in [9.17, 15) is 13.2 Å². The van der Waals surface area contributed by atoms with Gasteiger partial charge in [0.1, 0.15) is 17.2 Å². The van der Waals surface area contributed by atoms with E-state index in [1.165, 1.54) is 17.5 Å². The molecule has 10 heteroatoms. The first-order chi connectivity index (χ1) is 16.9. The molecule has 0 saturated carbocycles. The third-order valence-electron chi connectivity index (χ3n) is 6.15. The zero-order valence-corrected chi connectivity index (χ0v) is 21.1. The Kier molecular flexibility index (Phi) is 7.92. The second-order valence-corrected chi connectivity index (χ2v) is 10.6. The van der Waals surface area contributed by atoms with E-state index in [1.807, 2.05) is 28.8 Å². The van der Waals surface area contributed by atoms with E-state index in [2.05, 4.69) is 22.5 Å². The number of nitrogens with zero attached hydrogens (tertiary/aromatic N) is 3. The summed E-state index contributed by atoms with van der Waals surface area (Å²) in [5, 5.41) is 6.18. The van der Waals surface area contributed by atoms with Crippen molar-refractivity contribution < 1.29 is 17.9 Å². The number of rotatable bonds is 10. The number of hydrogen-bond donors (Lipinski definition) is 2. The lowest BCUT2D eigenvalue weighted by atomic mass is 10.2. The number of ether oxygens (including phenoxy) is 1. The molecule has 1 amide bonds. The molecule has 0 unspecified atom stereocenters. The summed E-state index contributed by atoms with van der Waals surface area (Å²) >= 11 is 0. The Morgan fingerprint density at radius 1 is 1.11 bits per heavy atom. The van der Waals surface area contributed by atoms with Crippen molar-refractivity contribution in [2.75, 3.05) is 37.4 Å². The van der Waals surface area contributed by atoms with Crippen LogP contribution in [0.25, 0.3) is 11.0 Å². The maximum absolute atomic E-state index is 13.3. The summed E-state index contributed by atoms with van der Waals surface area (Å²) in [5.41, 5.74) is 2.06. The highest BCUT2D eigenvalue weighted by Crippen LogP contribution is 2.31. The molecule has 1 aliphatic rings. The Bertz CT molecular complexity index is 1280. The third kappa shape index (κ3) is 5.59. The number of amides is 1. The topological polar surface area (TPSA) is 106 Å². The molecule has 1 fully saturated rings.